The molecule has 0 bridgehead atoms. The molecule has 0 aliphatic heterocycles. The number of halogens is 1. The predicted molar refractivity (Wildman–Crippen MR) is 73.3 cm³/mol. The van der Waals surface area contributed by atoms with Crippen molar-refractivity contribution in [1.29, 1.82) is 0 Å². The molecule has 1 aliphatic carbocycles. The number of carbonyl (C=O) groups excluding carboxylic acids is 1. The van der Waals surface area contributed by atoms with E-state index in [2.05, 4.69) is 17.6 Å². The number of carbonyl (C=O) groups is 1. The van der Waals surface area contributed by atoms with Crippen LogP contribution in [-0.2, 0) is 6.54 Å². The highest BCUT2D eigenvalue weighted by Crippen LogP contribution is 2.35. The van der Waals surface area contributed by atoms with Crippen molar-refractivity contribution in [2.75, 3.05) is 0 Å². The first kappa shape index (κ1) is 13.0. The largest absolute Gasteiger partial charge is 0.334 e. The molecule has 0 aromatic heterocycles. The zero-order valence-electron chi connectivity index (χ0n) is 10.4. The van der Waals surface area contributed by atoms with Crippen LogP contribution < -0.4 is 10.6 Å². The highest BCUT2D eigenvalue weighted by molar-refractivity contribution is 6.30. The highest BCUT2D eigenvalue weighted by Gasteiger charge is 2.22. The number of nitrogens with one attached hydrogen (secondary N) is 2. The van der Waals surface area contributed by atoms with Crippen molar-refractivity contribution >= 4 is 17.6 Å². The van der Waals surface area contributed by atoms with Crippen LogP contribution >= 0.6 is 11.6 Å². The van der Waals surface area contributed by atoms with E-state index in [1.807, 2.05) is 24.3 Å². The fraction of sp³-hybridized carbons (Fsp3) is 0.357. The van der Waals surface area contributed by atoms with Gasteiger partial charge < -0.3 is 10.6 Å². The van der Waals surface area contributed by atoms with Gasteiger partial charge in [-0.3, -0.25) is 0 Å². The van der Waals surface area contributed by atoms with Gasteiger partial charge in [0.2, 0.25) is 0 Å². The van der Waals surface area contributed by atoms with Gasteiger partial charge >= 0.3 is 6.03 Å². The second-order valence-corrected chi connectivity index (χ2v) is 5.06. The van der Waals surface area contributed by atoms with E-state index in [0.29, 0.717) is 17.5 Å². The van der Waals surface area contributed by atoms with Crippen molar-refractivity contribution in [1.82, 2.24) is 10.6 Å². The average Bonchev–Trinajstić information content (AvgIpc) is 3.17. The van der Waals surface area contributed by atoms with Gasteiger partial charge in [-0.2, -0.15) is 0 Å². The van der Waals surface area contributed by atoms with E-state index in [1.54, 1.807) is 6.20 Å². The molecule has 0 unspecified atom stereocenters. The second kappa shape index (κ2) is 5.91. The van der Waals surface area contributed by atoms with Crippen LogP contribution in [0.3, 0.4) is 0 Å². The van der Waals surface area contributed by atoms with Gasteiger partial charge in [0.15, 0.2) is 0 Å². The lowest BCUT2D eigenvalue weighted by Crippen LogP contribution is -2.31. The molecule has 1 fully saturated rings. The average molecular weight is 265 g/mol. The Kier molecular flexibility index (Phi) is 4.26. The third-order valence-electron chi connectivity index (χ3n) is 2.99. The third-order valence-corrected chi connectivity index (χ3v) is 3.23. The lowest BCUT2D eigenvalue weighted by atomic mass is 10.2. The Morgan fingerprint density at radius 1 is 1.50 bits per heavy atom. The summed E-state index contributed by atoms with van der Waals surface area (Å²) in [6, 6.07) is 7.27. The molecule has 96 valence electrons. The number of rotatable bonds is 4. The number of amides is 2. The first-order chi connectivity index (χ1) is 8.65. The van der Waals surface area contributed by atoms with Crippen molar-refractivity contribution in [2.24, 2.45) is 5.92 Å². The predicted octanol–water partition coefficient (Wildman–Crippen LogP) is 3.45. The fourth-order valence-electron chi connectivity index (χ4n) is 1.72. The van der Waals surface area contributed by atoms with Crippen molar-refractivity contribution in [2.45, 2.75) is 26.3 Å². The summed E-state index contributed by atoms with van der Waals surface area (Å²) in [6.07, 6.45) is 4.28. The summed E-state index contributed by atoms with van der Waals surface area (Å²) in [6.45, 7) is 2.53. The quantitative estimate of drug-likeness (QED) is 0.859. The van der Waals surface area contributed by atoms with Gasteiger partial charge in [-0.1, -0.05) is 29.3 Å². The topological polar surface area (TPSA) is 41.1 Å². The summed E-state index contributed by atoms with van der Waals surface area (Å²) in [5, 5.41) is 6.21. The van der Waals surface area contributed by atoms with E-state index in [1.165, 1.54) is 18.4 Å². The van der Waals surface area contributed by atoms with Gasteiger partial charge in [0, 0.05) is 17.8 Å². The Bertz CT molecular complexity index is 467. The minimum Gasteiger partial charge on any atom is -0.334 e. The summed E-state index contributed by atoms with van der Waals surface area (Å²) in [5.41, 5.74) is 2.23. The van der Waals surface area contributed by atoms with Crippen LogP contribution in [0.5, 0.6) is 0 Å². The molecule has 4 heteroatoms. The normalized spacial score (nSPS) is 15.3. The molecule has 1 saturated carbocycles. The Balaban J connectivity index is 1.76. The molecule has 1 aliphatic rings. The van der Waals surface area contributed by atoms with Crippen LogP contribution in [0.15, 0.2) is 36.0 Å². The molecule has 2 N–H and O–H groups in total. The molecular weight excluding hydrogens is 248 g/mol. The monoisotopic (exact) mass is 264 g/mol. The Labute approximate surface area is 112 Å². The van der Waals surface area contributed by atoms with Crippen molar-refractivity contribution in [3.63, 3.8) is 0 Å². The highest BCUT2D eigenvalue weighted by atomic mass is 35.5. The number of hydrogen-bond acceptors (Lipinski definition) is 1. The lowest BCUT2D eigenvalue weighted by molar-refractivity contribution is 0.243. The molecule has 0 saturated heterocycles. The minimum atomic E-state index is -0.185. The summed E-state index contributed by atoms with van der Waals surface area (Å²) in [4.78, 5) is 11.5. The van der Waals surface area contributed by atoms with E-state index in [-0.39, 0.29) is 6.03 Å². The minimum absolute atomic E-state index is 0.185. The molecular formula is C14H17ClN2O. The summed E-state index contributed by atoms with van der Waals surface area (Å²) in [5.74, 6) is 0.679. The van der Waals surface area contributed by atoms with Crippen LogP contribution in [0.2, 0.25) is 5.02 Å². The molecule has 0 atom stereocenters. The Hall–Kier alpha value is -1.48. The second-order valence-electron chi connectivity index (χ2n) is 4.62. The SMILES string of the molecule is C/C(=C\NC(=O)NCc1cccc(Cl)c1)C1CC1. The molecule has 0 spiro atoms. The first-order valence-electron chi connectivity index (χ1n) is 6.10. The smallest absolute Gasteiger partial charge is 0.319 e. The van der Waals surface area contributed by atoms with Crippen LogP contribution in [0.25, 0.3) is 0 Å². The van der Waals surface area contributed by atoms with Gasteiger partial charge in [-0.25, -0.2) is 4.79 Å². The van der Waals surface area contributed by atoms with Gasteiger partial charge in [0.25, 0.3) is 0 Å². The van der Waals surface area contributed by atoms with E-state index in [4.69, 9.17) is 11.6 Å². The van der Waals surface area contributed by atoms with Crippen LogP contribution in [0.4, 0.5) is 4.79 Å². The van der Waals surface area contributed by atoms with Gasteiger partial charge in [0.05, 0.1) is 0 Å². The van der Waals surface area contributed by atoms with Crippen LogP contribution in [0.1, 0.15) is 25.3 Å². The lowest BCUT2D eigenvalue weighted by Gasteiger charge is -2.06. The molecule has 0 radical (unpaired) electrons. The van der Waals surface area contributed by atoms with Crippen LogP contribution in [-0.4, -0.2) is 6.03 Å². The van der Waals surface area contributed by atoms with Crippen molar-refractivity contribution < 1.29 is 4.79 Å². The zero-order chi connectivity index (χ0) is 13.0. The van der Waals surface area contributed by atoms with Crippen LogP contribution in [0, 0.1) is 5.92 Å². The number of hydrogen-bond donors (Lipinski definition) is 2. The Morgan fingerprint density at radius 3 is 2.94 bits per heavy atom. The number of benzene rings is 1. The molecule has 3 nitrogen and oxygen atoms in total. The molecule has 18 heavy (non-hydrogen) atoms. The molecule has 2 rings (SSSR count). The van der Waals surface area contributed by atoms with Crippen molar-refractivity contribution in [3.8, 4) is 0 Å². The van der Waals surface area contributed by atoms with E-state index >= 15 is 0 Å². The molecule has 0 heterocycles. The number of urea groups is 1. The zero-order valence-corrected chi connectivity index (χ0v) is 11.1. The standard InChI is InChI=1S/C14H17ClN2O/c1-10(12-5-6-12)8-16-14(18)17-9-11-3-2-4-13(15)7-11/h2-4,7-8,12H,5-6,9H2,1H3,(H2,16,17,18)/b10-8+. The van der Waals surface area contributed by atoms with Gasteiger partial charge in [-0.15, -0.1) is 0 Å². The Morgan fingerprint density at radius 2 is 2.28 bits per heavy atom. The first-order valence-corrected chi connectivity index (χ1v) is 6.48. The fourth-order valence-corrected chi connectivity index (χ4v) is 1.93. The van der Waals surface area contributed by atoms with Gasteiger partial charge in [-0.05, 0) is 43.4 Å². The van der Waals surface area contributed by atoms with Gasteiger partial charge in [0.1, 0.15) is 0 Å². The molecule has 1 aromatic carbocycles. The summed E-state index contributed by atoms with van der Waals surface area (Å²) >= 11 is 5.87. The molecule has 1 aromatic rings. The summed E-state index contributed by atoms with van der Waals surface area (Å²) in [7, 11) is 0. The van der Waals surface area contributed by atoms with E-state index < -0.39 is 0 Å². The maximum Gasteiger partial charge on any atom is 0.319 e. The maximum atomic E-state index is 11.5. The number of allylic oxidation sites excluding steroid dienone is 1. The summed E-state index contributed by atoms with van der Waals surface area (Å²) < 4.78 is 0. The maximum absolute atomic E-state index is 11.5. The third kappa shape index (κ3) is 4.08. The van der Waals surface area contributed by atoms with E-state index in [0.717, 1.165) is 5.56 Å². The van der Waals surface area contributed by atoms with E-state index in [9.17, 15) is 4.79 Å². The molecule has 2 amide bonds. The van der Waals surface area contributed by atoms with Crippen molar-refractivity contribution in [3.05, 3.63) is 46.6 Å².